The van der Waals surface area contributed by atoms with Gasteiger partial charge in [-0.15, -0.1) is 0 Å². The van der Waals surface area contributed by atoms with Gasteiger partial charge in [-0.25, -0.2) is 4.72 Å². The van der Waals surface area contributed by atoms with Gasteiger partial charge in [0, 0.05) is 45.3 Å². The highest BCUT2D eigenvalue weighted by Gasteiger charge is 2.25. The molecule has 10 nitrogen and oxygen atoms in total. The Balaban J connectivity index is 1.48. The van der Waals surface area contributed by atoms with Crippen LogP contribution in [0, 0.1) is 11.8 Å². The van der Waals surface area contributed by atoms with Gasteiger partial charge in [-0.05, 0) is 70.6 Å². The number of nitrogens with one attached hydrogen (secondary N) is 3. The summed E-state index contributed by atoms with van der Waals surface area (Å²) in [6.45, 7) is 12.4. The van der Waals surface area contributed by atoms with Crippen molar-refractivity contribution in [1.82, 2.24) is 24.0 Å². The van der Waals surface area contributed by atoms with Gasteiger partial charge < -0.3 is 15.5 Å². The number of rotatable bonds is 13. The van der Waals surface area contributed by atoms with E-state index in [1.54, 1.807) is 0 Å². The third-order valence-corrected chi connectivity index (χ3v) is 8.32. The monoisotopic (exact) mass is 496 g/mol. The van der Waals surface area contributed by atoms with Crippen molar-refractivity contribution in [2.24, 2.45) is 11.8 Å². The summed E-state index contributed by atoms with van der Waals surface area (Å²) in [6.07, 6.45) is 7.39. The molecule has 0 amide bonds. The molecule has 2 heterocycles. The van der Waals surface area contributed by atoms with E-state index in [1.165, 1.54) is 17.1 Å². The van der Waals surface area contributed by atoms with Crippen molar-refractivity contribution >= 4 is 28.1 Å². The predicted octanol–water partition coefficient (Wildman–Crippen LogP) is 3.08. The second-order valence-electron chi connectivity index (χ2n) is 9.89. The van der Waals surface area contributed by atoms with Crippen LogP contribution in [0.4, 0.5) is 17.8 Å². The molecule has 3 N–H and O–H groups in total. The van der Waals surface area contributed by atoms with Crippen molar-refractivity contribution < 1.29 is 8.42 Å². The molecular weight excluding hydrogens is 452 g/mol. The maximum absolute atomic E-state index is 12.5. The van der Waals surface area contributed by atoms with E-state index in [2.05, 4.69) is 49.1 Å². The number of nitrogens with zero attached hydrogens (tertiary/aromatic N) is 5. The Kier molecular flexibility index (Phi) is 10.1. The molecule has 0 radical (unpaired) electrons. The normalized spacial score (nSPS) is 21.4. The largest absolute Gasteiger partial charge is 0.354 e. The van der Waals surface area contributed by atoms with Gasteiger partial charge in [0.05, 0.1) is 0 Å². The lowest BCUT2D eigenvalue weighted by molar-refractivity contribution is 0.282. The zero-order valence-corrected chi connectivity index (χ0v) is 22.2. The highest BCUT2D eigenvalue weighted by Crippen LogP contribution is 2.29. The minimum atomic E-state index is -3.38. The first-order chi connectivity index (χ1) is 16.3. The lowest BCUT2D eigenvalue weighted by Gasteiger charge is -2.29. The highest BCUT2D eigenvalue weighted by atomic mass is 32.2. The van der Waals surface area contributed by atoms with Crippen molar-refractivity contribution in [3.8, 4) is 0 Å². The van der Waals surface area contributed by atoms with E-state index in [4.69, 9.17) is 0 Å². The summed E-state index contributed by atoms with van der Waals surface area (Å²) in [5.41, 5.74) is 0. The standard InChI is InChI=1S/C23H44N8O2S/c1-5-13-31(6-2)34(32,33)25-17-20-11-9-19(10-12-20)16-24-21-27-22(26-18(3)4)29-23(28-21)30-14-7-8-15-30/h18-20,25H,5-17H2,1-4H3,(H2,24,26,27,28,29). The summed E-state index contributed by atoms with van der Waals surface area (Å²) in [5.74, 6) is 2.93. The Morgan fingerprint density at radius 3 is 2.18 bits per heavy atom. The Labute approximate surface area is 205 Å². The van der Waals surface area contributed by atoms with E-state index in [9.17, 15) is 8.42 Å². The first-order valence-corrected chi connectivity index (χ1v) is 14.5. The third kappa shape index (κ3) is 7.91. The first-order valence-electron chi connectivity index (χ1n) is 13.1. The van der Waals surface area contributed by atoms with E-state index in [0.717, 1.165) is 57.7 Å². The molecule has 2 aliphatic rings. The van der Waals surface area contributed by atoms with Crippen LogP contribution in [0.15, 0.2) is 0 Å². The SMILES string of the molecule is CCCN(CC)S(=O)(=O)NCC1CCC(CNc2nc(NC(C)C)nc(N3CCCC3)n2)CC1. The molecule has 2 fully saturated rings. The quantitative estimate of drug-likeness (QED) is 0.382. The molecule has 1 saturated carbocycles. The van der Waals surface area contributed by atoms with Crippen LogP contribution in [0.3, 0.4) is 0 Å². The fourth-order valence-corrected chi connectivity index (χ4v) is 6.10. The fourth-order valence-electron chi connectivity index (χ4n) is 4.71. The second kappa shape index (κ2) is 12.8. The van der Waals surface area contributed by atoms with Crippen molar-refractivity contribution in [1.29, 1.82) is 0 Å². The van der Waals surface area contributed by atoms with Gasteiger partial charge in [0.1, 0.15) is 0 Å². The van der Waals surface area contributed by atoms with E-state index < -0.39 is 10.2 Å². The lowest BCUT2D eigenvalue weighted by Crippen LogP contribution is -2.43. The first kappa shape index (κ1) is 26.9. The van der Waals surface area contributed by atoms with Crippen LogP contribution in [0.2, 0.25) is 0 Å². The van der Waals surface area contributed by atoms with Crippen LogP contribution in [-0.4, -0.2) is 73.0 Å². The zero-order chi connectivity index (χ0) is 24.6. The van der Waals surface area contributed by atoms with E-state index in [-0.39, 0.29) is 6.04 Å². The summed E-state index contributed by atoms with van der Waals surface area (Å²) in [7, 11) is -3.38. The molecule has 0 spiro atoms. The topological polar surface area (TPSA) is 115 Å². The van der Waals surface area contributed by atoms with Crippen molar-refractivity contribution in [3.05, 3.63) is 0 Å². The van der Waals surface area contributed by atoms with Crippen LogP contribution in [0.1, 0.15) is 72.6 Å². The molecule has 3 rings (SSSR count). The maximum atomic E-state index is 12.5. The number of anilines is 3. The van der Waals surface area contributed by atoms with Crippen molar-refractivity contribution in [2.75, 3.05) is 54.8 Å². The van der Waals surface area contributed by atoms with E-state index >= 15 is 0 Å². The van der Waals surface area contributed by atoms with Crippen LogP contribution in [-0.2, 0) is 10.2 Å². The average molecular weight is 497 g/mol. The Morgan fingerprint density at radius 1 is 0.971 bits per heavy atom. The lowest BCUT2D eigenvalue weighted by atomic mass is 9.82. The Bertz CT molecular complexity index is 853. The average Bonchev–Trinajstić information content (AvgIpc) is 3.35. The smallest absolute Gasteiger partial charge is 0.279 e. The van der Waals surface area contributed by atoms with Crippen LogP contribution >= 0.6 is 0 Å². The molecule has 0 atom stereocenters. The molecule has 1 aromatic heterocycles. The molecule has 0 aromatic carbocycles. The minimum absolute atomic E-state index is 0.251. The van der Waals surface area contributed by atoms with Gasteiger partial charge in [0.15, 0.2) is 0 Å². The number of hydrogen-bond donors (Lipinski definition) is 3. The van der Waals surface area contributed by atoms with Gasteiger partial charge in [0.2, 0.25) is 17.8 Å². The molecule has 11 heteroatoms. The van der Waals surface area contributed by atoms with Crippen molar-refractivity contribution in [2.45, 2.75) is 78.7 Å². The molecular formula is C23H44N8O2S. The second-order valence-corrected chi connectivity index (χ2v) is 11.6. The molecule has 1 aliphatic carbocycles. The van der Waals surface area contributed by atoms with E-state index in [1.807, 2.05) is 13.8 Å². The van der Waals surface area contributed by atoms with Gasteiger partial charge in [-0.3, -0.25) is 0 Å². The van der Waals surface area contributed by atoms with Crippen LogP contribution in [0.25, 0.3) is 0 Å². The summed E-state index contributed by atoms with van der Waals surface area (Å²) >= 11 is 0. The van der Waals surface area contributed by atoms with Gasteiger partial charge in [0.25, 0.3) is 10.2 Å². The predicted molar refractivity (Wildman–Crippen MR) is 138 cm³/mol. The van der Waals surface area contributed by atoms with Gasteiger partial charge in [-0.1, -0.05) is 13.8 Å². The molecule has 1 aromatic rings. The number of aromatic nitrogens is 3. The summed E-state index contributed by atoms with van der Waals surface area (Å²) in [4.78, 5) is 16.1. The fraction of sp³-hybridized carbons (Fsp3) is 0.870. The molecule has 1 aliphatic heterocycles. The third-order valence-electron chi connectivity index (χ3n) is 6.67. The van der Waals surface area contributed by atoms with E-state index in [0.29, 0.717) is 43.4 Å². The summed E-state index contributed by atoms with van der Waals surface area (Å²) in [5, 5.41) is 6.76. The Morgan fingerprint density at radius 2 is 1.59 bits per heavy atom. The highest BCUT2D eigenvalue weighted by molar-refractivity contribution is 7.87. The summed E-state index contributed by atoms with van der Waals surface area (Å²) < 4.78 is 29.4. The molecule has 0 bridgehead atoms. The molecule has 0 unspecified atom stereocenters. The minimum Gasteiger partial charge on any atom is -0.354 e. The molecule has 34 heavy (non-hydrogen) atoms. The molecule has 194 valence electrons. The van der Waals surface area contributed by atoms with Crippen LogP contribution < -0.4 is 20.3 Å². The van der Waals surface area contributed by atoms with Gasteiger partial charge >= 0.3 is 0 Å². The summed E-state index contributed by atoms with van der Waals surface area (Å²) in [6, 6.07) is 0.251. The zero-order valence-electron chi connectivity index (χ0n) is 21.4. The maximum Gasteiger partial charge on any atom is 0.279 e. The number of hydrogen-bond acceptors (Lipinski definition) is 8. The van der Waals surface area contributed by atoms with Gasteiger partial charge in [-0.2, -0.15) is 27.7 Å². The Hall–Kier alpha value is -1.72. The van der Waals surface area contributed by atoms with Crippen molar-refractivity contribution in [3.63, 3.8) is 0 Å². The van der Waals surface area contributed by atoms with Crippen LogP contribution in [0.5, 0.6) is 0 Å². The molecule has 1 saturated heterocycles.